The molecule has 0 unspecified atom stereocenters. The molecular formula is C11H16BClN2O2. The zero-order valence-electron chi connectivity index (χ0n) is 10.5. The average molecular weight is 255 g/mol. The van der Waals surface area contributed by atoms with Crippen LogP contribution in [0.15, 0.2) is 12.3 Å². The molecule has 1 aliphatic rings. The fourth-order valence-corrected chi connectivity index (χ4v) is 1.87. The maximum Gasteiger partial charge on any atom is 0.464 e. The summed E-state index contributed by atoms with van der Waals surface area (Å²) in [5.41, 5.74) is 0.201. The van der Waals surface area contributed by atoms with E-state index in [1.54, 1.807) is 6.20 Å². The monoisotopic (exact) mass is 254 g/mol. The molecule has 0 N–H and O–H groups in total. The Kier molecular flexibility index (Phi) is 3.18. The molecule has 1 aromatic heterocycles. The highest BCUT2D eigenvalue weighted by atomic mass is 35.5. The lowest BCUT2D eigenvalue weighted by molar-refractivity contribution is 0.00578. The molecule has 0 aromatic carbocycles. The van der Waals surface area contributed by atoms with Gasteiger partial charge in [-0.05, 0) is 45.4 Å². The molecule has 1 aliphatic heterocycles. The lowest BCUT2D eigenvalue weighted by Crippen LogP contribution is -2.41. The summed E-state index contributed by atoms with van der Waals surface area (Å²) in [6.07, 6.45) is 2.21. The second kappa shape index (κ2) is 4.23. The molecule has 1 aromatic rings. The predicted molar refractivity (Wildman–Crippen MR) is 66.8 cm³/mol. The summed E-state index contributed by atoms with van der Waals surface area (Å²) in [6.45, 7) is 8.11. The maximum absolute atomic E-state index is 5.88. The van der Waals surface area contributed by atoms with Gasteiger partial charge in [0.15, 0.2) is 0 Å². The first-order valence-electron chi connectivity index (χ1n) is 5.63. The van der Waals surface area contributed by atoms with Gasteiger partial charge in [0, 0.05) is 18.2 Å². The highest BCUT2D eigenvalue weighted by Crippen LogP contribution is 2.37. The molecular weight excluding hydrogens is 238 g/mol. The Morgan fingerprint density at radius 1 is 1.24 bits per heavy atom. The summed E-state index contributed by atoms with van der Waals surface area (Å²) in [5.74, 6) is 0. The lowest BCUT2D eigenvalue weighted by atomic mass is 9.83. The van der Waals surface area contributed by atoms with Crippen molar-refractivity contribution in [1.29, 1.82) is 0 Å². The van der Waals surface area contributed by atoms with E-state index in [9.17, 15) is 0 Å². The third kappa shape index (κ3) is 2.62. The van der Waals surface area contributed by atoms with Crippen molar-refractivity contribution < 1.29 is 9.31 Å². The second-order valence-electron chi connectivity index (χ2n) is 5.21. The van der Waals surface area contributed by atoms with Gasteiger partial charge in [0.05, 0.1) is 11.2 Å². The number of halogens is 1. The van der Waals surface area contributed by atoms with Crippen molar-refractivity contribution in [3.63, 3.8) is 0 Å². The van der Waals surface area contributed by atoms with E-state index < -0.39 is 0 Å². The Balaban J connectivity index is 2.08. The van der Waals surface area contributed by atoms with Crippen molar-refractivity contribution in [2.75, 3.05) is 0 Å². The molecule has 0 spiro atoms. The van der Waals surface area contributed by atoms with Crippen molar-refractivity contribution in [2.24, 2.45) is 0 Å². The van der Waals surface area contributed by atoms with Gasteiger partial charge in [0.25, 0.3) is 0 Å². The van der Waals surface area contributed by atoms with Crippen molar-refractivity contribution in [1.82, 2.24) is 9.97 Å². The van der Waals surface area contributed by atoms with E-state index in [2.05, 4.69) is 9.97 Å². The molecule has 0 saturated carbocycles. The van der Waals surface area contributed by atoms with Crippen LogP contribution in [0.25, 0.3) is 0 Å². The third-order valence-electron chi connectivity index (χ3n) is 3.36. The van der Waals surface area contributed by atoms with Crippen LogP contribution in [0.1, 0.15) is 33.4 Å². The van der Waals surface area contributed by atoms with Crippen LogP contribution in [0.3, 0.4) is 0 Å². The zero-order chi connectivity index (χ0) is 12.7. The Morgan fingerprint density at radius 3 is 2.35 bits per heavy atom. The number of rotatable bonds is 2. The Bertz CT molecular complexity index is 410. The van der Waals surface area contributed by atoms with Crippen LogP contribution < -0.4 is 0 Å². The van der Waals surface area contributed by atoms with E-state index in [-0.39, 0.29) is 23.6 Å². The lowest BCUT2D eigenvalue weighted by Gasteiger charge is -2.32. The molecule has 0 aliphatic carbocycles. The first-order valence-corrected chi connectivity index (χ1v) is 6.01. The van der Waals surface area contributed by atoms with Gasteiger partial charge in [0.2, 0.25) is 5.28 Å². The Labute approximate surface area is 107 Å². The first kappa shape index (κ1) is 12.8. The van der Waals surface area contributed by atoms with Crippen molar-refractivity contribution in [3.8, 4) is 0 Å². The van der Waals surface area contributed by atoms with Crippen LogP contribution in [0.5, 0.6) is 0 Å². The number of hydrogen-bond donors (Lipinski definition) is 0. The van der Waals surface area contributed by atoms with Crippen LogP contribution >= 0.6 is 11.6 Å². The van der Waals surface area contributed by atoms with E-state index >= 15 is 0 Å². The number of nitrogens with zero attached hydrogens (tertiary/aromatic N) is 2. The molecule has 1 fully saturated rings. The first-order chi connectivity index (χ1) is 7.80. The predicted octanol–water partition coefficient (Wildman–Crippen LogP) is 2.30. The molecule has 6 heteroatoms. The Morgan fingerprint density at radius 2 is 1.82 bits per heavy atom. The summed E-state index contributed by atoms with van der Waals surface area (Å²) in [7, 11) is -0.286. The topological polar surface area (TPSA) is 44.2 Å². The van der Waals surface area contributed by atoms with Crippen LogP contribution in [0, 0.1) is 0 Å². The van der Waals surface area contributed by atoms with Crippen molar-refractivity contribution >= 4 is 18.7 Å². The summed E-state index contributed by atoms with van der Waals surface area (Å²) >= 11 is 5.74. The number of aromatic nitrogens is 2. The van der Waals surface area contributed by atoms with Crippen LogP contribution in [-0.2, 0) is 15.6 Å². The molecule has 4 nitrogen and oxygen atoms in total. The fraction of sp³-hybridized carbons (Fsp3) is 0.636. The van der Waals surface area contributed by atoms with E-state index in [0.29, 0.717) is 6.32 Å². The summed E-state index contributed by atoms with van der Waals surface area (Å²) < 4.78 is 11.8. The summed E-state index contributed by atoms with van der Waals surface area (Å²) in [4.78, 5) is 7.97. The van der Waals surface area contributed by atoms with E-state index in [4.69, 9.17) is 20.9 Å². The zero-order valence-corrected chi connectivity index (χ0v) is 11.3. The van der Waals surface area contributed by atoms with E-state index in [1.807, 2.05) is 33.8 Å². The highest BCUT2D eigenvalue weighted by Gasteiger charge is 2.50. The third-order valence-corrected chi connectivity index (χ3v) is 3.54. The van der Waals surface area contributed by atoms with Gasteiger partial charge < -0.3 is 9.31 Å². The van der Waals surface area contributed by atoms with Crippen LogP contribution in [-0.4, -0.2) is 28.3 Å². The molecule has 0 bridgehead atoms. The van der Waals surface area contributed by atoms with Gasteiger partial charge in [-0.2, -0.15) is 0 Å². The highest BCUT2D eigenvalue weighted by molar-refractivity contribution is 6.44. The molecule has 17 heavy (non-hydrogen) atoms. The number of hydrogen-bond acceptors (Lipinski definition) is 4. The summed E-state index contributed by atoms with van der Waals surface area (Å²) in [5, 5.41) is 0.249. The quantitative estimate of drug-likeness (QED) is 0.600. The van der Waals surface area contributed by atoms with Crippen LogP contribution in [0.4, 0.5) is 0 Å². The van der Waals surface area contributed by atoms with Crippen LogP contribution in [0.2, 0.25) is 5.28 Å². The molecule has 2 heterocycles. The molecule has 92 valence electrons. The average Bonchev–Trinajstić information content (AvgIpc) is 2.34. The van der Waals surface area contributed by atoms with Gasteiger partial charge in [0.1, 0.15) is 0 Å². The SMILES string of the molecule is CC1(C)OB(Cc2ccnc(Cl)n2)OC1(C)C. The van der Waals surface area contributed by atoms with Gasteiger partial charge in [-0.15, -0.1) is 0 Å². The fourth-order valence-electron chi connectivity index (χ4n) is 1.70. The Hall–Kier alpha value is -0.645. The van der Waals surface area contributed by atoms with E-state index in [0.717, 1.165) is 5.69 Å². The standard InChI is InChI=1S/C11H16BClN2O2/c1-10(2)11(3,4)17-12(16-10)7-8-5-6-14-9(13)15-8/h5-6H,7H2,1-4H3. The largest absolute Gasteiger partial charge is 0.464 e. The second-order valence-corrected chi connectivity index (χ2v) is 5.55. The van der Waals surface area contributed by atoms with Gasteiger partial charge in [-0.25, -0.2) is 9.97 Å². The minimum absolute atomic E-state index is 0.249. The van der Waals surface area contributed by atoms with E-state index in [1.165, 1.54) is 0 Å². The summed E-state index contributed by atoms with van der Waals surface area (Å²) in [6, 6.07) is 1.82. The minimum atomic E-state index is -0.311. The molecule has 0 amide bonds. The molecule has 0 radical (unpaired) electrons. The smallest absolute Gasteiger partial charge is 0.403 e. The van der Waals surface area contributed by atoms with Gasteiger partial charge in [-0.1, -0.05) is 0 Å². The molecule has 1 saturated heterocycles. The van der Waals surface area contributed by atoms with Gasteiger partial charge >= 0.3 is 7.12 Å². The minimum Gasteiger partial charge on any atom is -0.403 e. The van der Waals surface area contributed by atoms with Gasteiger partial charge in [-0.3, -0.25) is 0 Å². The maximum atomic E-state index is 5.88. The normalized spacial score (nSPS) is 21.8. The molecule has 0 atom stereocenters. The molecule has 2 rings (SSSR count). The van der Waals surface area contributed by atoms with Crippen molar-refractivity contribution in [3.05, 3.63) is 23.2 Å². The van der Waals surface area contributed by atoms with Crippen molar-refractivity contribution in [2.45, 2.75) is 45.2 Å².